The lowest BCUT2D eigenvalue weighted by Crippen LogP contribution is -2.30. The quantitative estimate of drug-likeness (QED) is 0.214. The number of carbonyl (C=O) groups excluding carboxylic acids is 2. The van der Waals surface area contributed by atoms with Crippen molar-refractivity contribution in [3.63, 3.8) is 0 Å². The lowest BCUT2D eigenvalue weighted by atomic mass is 10.0. The van der Waals surface area contributed by atoms with E-state index in [0.29, 0.717) is 45.2 Å². The van der Waals surface area contributed by atoms with Crippen LogP contribution in [0.3, 0.4) is 0 Å². The first kappa shape index (κ1) is 28.8. The van der Waals surface area contributed by atoms with Gasteiger partial charge in [0.2, 0.25) is 5.91 Å². The number of ether oxygens (including phenoxy) is 1. The van der Waals surface area contributed by atoms with Gasteiger partial charge in [0, 0.05) is 34.7 Å². The van der Waals surface area contributed by atoms with E-state index < -0.39 is 23.6 Å². The van der Waals surface area contributed by atoms with E-state index in [9.17, 15) is 14.4 Å². The molecular weight excluding hydrogens is 574 g/mol. The minimum absolute atomic E-state index is 0.334. The van der Waals surface area contributed by atoms with Crippen molar-refractivity contribution in [2.75, 3.05) is 12.4 Å². The number of halogens is 1. The third kappa shape index (κ3) is 7.34. The number of nitrogens with zero attached hydrogens (tertiary/aromatic N) is 6. The maximum atomic E-state index is 13.2. The van der Waals surface area contributed by atoms with Crippen molar-refractivity contribution < 1.29 is 14.3 Å². The third-order valence-electron chi connectivity index (χ3n) is 6.29. The molecule has 0 spiro atoms. The fourth-order valence-corrected chi connectivity index (χ4v) is 4.41. The summed E-state index contributed by atoms with van der Waals surface area (Å²) in [6.45, 7) is 0. The number of amides is 2. The molecular formula is C29H24ClN9O4. The highest BCUT2D eigenvalue weighted by Crippen LogP contribution is 2.23. The van der Waals surface area contributed by atoms with Crippen molar-refractivity contribution in [1.29, 1.82) is 0 Å². The molecule has 0 fully saturated rings. The van der Waals surface area contributed by atoms with Gasteiger partial charge in [0.25, 0.3) is 5.56 Å². The Morgan fingerprint density at radius 1 is 1.14 bits per heavy atom. The molecule has 0 bridgehead atoms. The number of benzene rings is 2. The predicted octanol–water partition coefficient (Wildman–Crippen LogP) is 3.75. The fraction of sp³-hybridized carbons (Fsp3) is 0.103. The lowest BCUT2D eigenvalue weighted by molar-refractivity contribution is -0.117. The number of aromatic amines is 1. The molecule has 1 atom stereocenters. The van der Waals surface area contributed by atoms with Crippen LogP contribution in [0.15, 0.2) is 90.3 Å². The number of carbonyl (C=O) groups is 2. The number of anilines is 1. The molecule has 5 rings (SSSR count). The Morgan fingerprint density at radius 3 is 2.70 bits per heavy atom. The minimum Gasteiger partial charge on any atom is -0.453 e. The van der Waals surface area contributed by atoms with Gasteiger partial charge in [0.05, 0.1) is 30.1 Å². The Bertz CT molecular complexity index is 1810. The molecule has 3 aromatic heterocycles. The molecule has 216 valence electrons. The van der Waals surface area contributed by atoms with Gasteiger partial charge in [0.15, 0.2) is 0 Å². The highest BCUT2D eigenvalue weighted by atomic mass is 35.5. The van der Waals surface area contributed by atoms with E-state index in [1.54, 1.807) is 73.1 Å². The molecule has 0 aliphatic rings. The molecule has 43 heavy (non-hydrogen) atoms. The molecule has 3 N–H and O–H groups in total. The summed E-state index contributed by atoms with van der Waals surface area (Å²) in [6, 6.07) is 16.5. The monoisotopic (exact) mass is 597 g/mol. The molecule has 5 aromatic rings. The third-order valence-corrected chi connectivity index (χ3v) is 6.52. The summed E-state index contributed by atoms with van der Waals surface area (Å²) in [4.78, 5) is 41.6. The summed E-state index contributed by atoms with van der Waals surface area (Å²) in [7, 11) is 1.27. The summed E-state index contributed by atoms with van der Waals surface area (Å²) >= 11 is 6.20. The maximum Gasteiger partial charge on any atom is 0.411 e. The van der Waals surface area contributed by atoms with Gasteiger partial charge in [-0.3, -0.25) is 19.9 Å². The molecule has 2 aromatic carbocycles. The Morgan fingerprint density at radius 2 is 1.98 bits per heavy atom. The summed E-state index contributed by atoms with van der Waals surface area (Å²) in [5.41, 5.74) is 3.52. The van der Waals surface area contributed by atoms with Gasteiger partial charge >= 0.3 is 6.09 Å². The predicted molar refractivity (Wildman–Crippen MR) is 158 cm³/mol. The molecule has 0 aliphatic heterocycles. The summed E-state index contributed by atoms with van der Waals surface area (Å²) in [6.07, 6.45) is 7.50. The lowest BCUT2D eigenvalue weighted by Gasteiger charge is -2.18. The normalized spacial score (nSPS) is 11.7. The molecule has 2 amide bonds. The summed E-state index contributed by atoms with van der Waals surface area (Å²) in [5.74, 6) is -0.413. The van der Waals surface area contributed by atoms with Crippen molar-refractivity contribution in [2.45, 2.75) is 12.5 Å². The number of aromatic nitrogens is 7. The van der Waals surface area contributed by atoms with E-state index in [0.717, 1.165) is 5.56 Å². The van der Waals surface area contributed by atoms with Crippen LogP contribution in [0.2, 0.25) is 5.02 Å². The van der Waals surface area contributed by atoms with Gasteiger partial charge in [-0.15, -0.1) is 5.10 Å². The van der Waals surface area contributed by atoms with E-state index >= 15 is 0 Å². The van der Waals surface area contributed by atoms with Gasteiger partial charge in [-0.1, -0.05) is 29.8 Å². The molecule has 13 nitrogen and oxygen atoms in total. The van der Waals surface area contributed by atoms with Gasteiger partial charge in [-0.2, -0.15) is 9.78 Å². The second-order valence-electron chi connectivity index (χ2n) is 9.15. The van der Waals surface area contributed by atoms with Crippen molar-refractivity contribution in [3.8, 4) is 16.8 Å². The molecule has 0 saturated heterocycles. The van der Waals surface area contributed by atoms with E-state index in [-0.39, 0.29) is 0 Å². The topological polar surface area (TPSA) is 170 Å². The zero-order chi connectivity index (χ0) is 30.2. The molecule has 0 radical (unpaired) electrons. The first-order chi connectivity index (χ1) is 20.9. The average Bonchev–Trinajstić information content (AvgIpc) is 3.56. The van der Waals surface area contributed by atoms with Crippen LogP contribution in [-0.2, 0) is 16.0 Å². The van der Waals surface area contributed by atoms with Crippen LogP contribution in [0.4, 0.5) is 10.5 Å². The zero-order valence-corrected chi connectivity index (χ0v) is 23.4. The van der Waals surface area contributed by atoms with E-state index in [1.165, 1.54) is 24.2 Å². The number of nitrogens with one attached hydrogen (secondary N) is 3. The number of hydrogen-bond donors (Lipinski definition) is 3. The van der Waals surface area contributed by atoms with Gasteiger partial charge < -0.3 is 10.1 Å². The SMILES string of the molecule is COC(=O)Nc1ccc(-c2cc([C@H](Cc3cccnc3)NC(=O)/C=C/c3cc(Cl)ccc3-n3cnnn3)n[nH]c2=O)cc1. The van der Waals surface area contributed by atoms with Crippen molar-refractivity contribution in [1.82, 2.24) is 40.7 Å². The second-order valence-corrected chi connectivity index (χ2v) is 9.58. The van der Waals surface area contributed by atoms with E-state index in [4.69, 9.17) is 11.6 Å². The Kier molecular flexibility index (Phi) is 8.93. The molecule has 14 heteroatoms. The van der Waals surface area contributed by atoms with Crippen LogP contribution in [0.5, 0.6) is 0 Å². The largest absolute Gasteiger partial charge is 0.453 e. The second kappa shape index (κ2) is 13.3. The first-order valence-corrected chi connectivity index (χ1v) is 13.2. The molecule has 0 aliphatic carbocycles. The average molecular weight is 598 g/mol. The zero-order valence-electron chi connectivity index (χ0n) is 22.6. The van der Waals surface area contributed by atoms with Crippen molar-refractivity contribution in [3.05, 3.63) is 118 Å². The smallest absolute Gasteiger partial charge is 0.411 e. The number of tetrazole rings is 1. The number of pyridine rings is 1. The van der Waals surface area contributed by atoms with E-state index in [1.807, 2.05) is 6.07 Å². The Labute approximate surface area is 249 Å². The van der Waals surface area contributed by atoms with Gasteiger partial charge in [-0.05, 0) is 76.5 Å². The Hall–Kier alpha value is -5.69. The summed E-state index contributed by atoms with van der Waals surface area (Å²) < 4.78 is 6.07. The number of rotatable bonds is 9. The van der Waals surface area contributed by atoms with Crippen LogP contribution < -0.4 is 16.2 Å². The summed E-state index contributed by atoms with van der Waals surface area (Å²) in [5, 5.41) is 24.0. The number of hydrogen-bond acceptors (Lipinski definition) is 9. The Balaban J connectivity index is 1.42. The van der Waals surface area contributed by atoms with Crippen LogP contribution in [0.25, 0.3) is 22.9 Å². The first-order valence-electron chi connectivity index (χ1n) is 12.8. The molecule has 0 unspecified atom stereocenters. The highest BCUT2D eigenvalue weighted by Gasteiger charge is 2.19. The number of methoxy groups -OCH3 is 1. The van der Waals surface area contributed by atoms with Crippen LogP contribution in [-0.4, -0.2) is 54.5 Å². The van der Waals surface area contributed by atoms with Crippen LogP contribution in [0.1, 0.15) is 22.9 Å². The van der Waals surface area contributed by atoms with Gasteiger partial charge in [0.1, 0.15) is 6.33 Å². The van der Waals surface area contributed by atoms with Gasteiger partial charge in [-0.25, -0.2) is 9.89 Å². The highest BCUT2D eigenvalue weighted by molar-refractivity contribution is 6.30. The molecule has 0 saturated carbocycles. The van der Waals surface area contributed by atoms with Crippen molar-refractivity contribution >= 4 is 35.4 Å². The van der Waals surface area contributed by atoms with Crippen LogP contribution in [0, 0.1) is 0 Å². The minimum atomic E-state index is -0.629. The fourth-order valence-electron chi connectivity index (χ4n) is 4.22. The molecule has 3 heterocycles. The maximum absolute atomic E-state index is 13.2. The number of H-pyrrole nitrogens is 1. The van der Waals surface area contributed by atoms with Crippen molar-refractivity contribution in [2.24, 2.45) is 0 Å². The van der Waals surface area contributed by atoms with Crippen LogP contribution >= 0.6 is 11.6 Å². The van der Waals surface area contributed by atoms with E-state index in [2.05, 4.69) is 46.1 Å². The standard InChI is InChI=1S/C29H24ClN9O4/c1-43-29(42)33-22-8-4-19(5-9-22)23-15-25(35-36-28(23)41)24(13-18-3-2-12-31-16-18)34-27(40)11-6-20-14-21(30)7-10-26(20)39-17-32-37-38-39/h2-12,14-17,24H,13H2,1H3,(H,33,42)(H,34,40)(H,36,41)/b11-6+/t24-/m0/s1.